The minimum absolute atomic E-state index is 0.100. The number of carbonyl (C=O) groups is 1. The molecule has 0 radical (unpaired) electrons. The van der Waals surface area contributed by atoms with Crippen molar-refractivity contribution in [3.63, 3.8) is 0 Å². The Morgan fingerprint density at radius 1 is 1.44 bits per heavy atom. The zero-order chi connectivity index (χ0) is 12.3. The molecule has 1 rings (SSSR count). The topological polar surface area (TPSA) is 55.1 Å². The maximum Gasteiger partial charge on any atom is 0.416 e. The van der Waals surface area contributed by atoms with Gasteiger partial charge in [0, 0.05) is 6.42 Å². The van der Waals surface area contributed by atoms with Gasteiger partial charge in [0.15, 0.2) is 0 Å². The lowest BCUT2D eigenvalue weighted by Crippen LogP contribution is -2.12. The predicted molar refractivity (Wildman–Crippen MR) is 54.8 cm³/mol. The summed E-state index contributed by atoms with van der Waals surface area (Å²) in [6, 6.07) is 2.82. The Morgan fingerprint density at radius 3 is 2.50 bits per heavy atom. The first-order chi connectivity index (χ1) is 7.34. The van der Waals surface area contributed by atoms with Crippen molar-refractivity contribution in [2.45, 2.75) is 19.5 Å². The molecule has 0 aliphatic heterocycles. The summed E-state index contributed by atoms with van der Waals surface area (Å²) in [5.74, 6) is -0.300. The number of nitrogens with two attached hydrogens (primary N) is 1. The molecule has 0 fully saturated rings. The van der Waals surface area contributed by atoms with Gasteiger partial charge in [-0.15, -0.1) is 0 Å². The lowest BCUT2D eigenvalue weighted by Gasteiger charge is -2.11. The predicted octanol–water partition coefficient (Wildman–Crippen LogP) is 2.64. The minimum Gasteiger partial charge on any atom is -0.397 e. The normalized spacial score (nSPS) is 11.2. The van der Waals surface area contributed by atoms with Crippen LogP contribution < -0.4 is 11.1 Å². The summed E-state index contributed by atoms with van der Waals surface area (Å²) in [5.41, 5.74) is 4.67. The van der Waals surface area contributed by atoms with Crippen LogP contribution in [0.25, 0.3) is 0 Å². The molecule has 0 aliphatic carbocycles. The first kappa shape index (κ1) is 12.4. The number of anilines is 2. The fraction of sp³-hybridized carbons (Fsp3) is 0.300. The van der Waals surface area contributed by atoms with Gasteiger partial charge in [-0.2, -0.15) is 13.2 Å². The van der Waals surface area contributed by atoms with Crippen molar-refractivity contribution in [1.29, 1.82) is 0 Å². The zero-order valence-corrected chi connectivity index (χ0v) is 8.56. The smallest absolute Gasteiger partial charge is 0.397 e. The van der Waals surface area contributed by atoms with Crippen LogP contribution in [0.2, 0.25) is 0 Å². The fourth-order valence-electron chi connectivity index (χ4n) is 1.09. The Kier molecular flexibility index (Phi) is 3.41. The summed E-state index contributed by atoms with van der Waals surface area (Å²) in [4.78, 5) is 11.0. The molecule has 0 saturated heterocycles. The van der Waals surface area contributed by atoms with Gasteiger partial charge in [0.1, 0.15) is 0 Å². The Morgan fingerprint density at radius 2 is 2.06 bits per heavy atom. The Balaban J connectivity index is 2.96. The molecule has 0 heterocycles. The van der Waals surface area contributed by atoms with Gasteiger partial charge in [-0.3, -0.25) is 4.79 Å². The second-order valence-corrected chi connectivity index (χ2v) is 3.20. The van der Waals surface area contributed by atoms with Crippen LogP contribution in [0, 0.1) is 0 Å². The molecule has 0 unspecified atom stereocenters. The number of benzene rings is 1. The molecule has 3 N–H and O–H groups in total. The molecule has 0 saturated carbocycles. The van der Waals surface area contributed by atoms with Gasteiger partial charge in [-0.05, 0) is 18.2 Å². The van der Waals surface area contributed by atoms with E-state index in [4.69, 9.17) is 5.73 Å². The van der Waals surface area contributed by atoms with Gasteiger partial charge in [-0.1, -0.05) is 6.92 Å². The number of amides is 1. The highest BCUT2D eigenvalue weighted by Crippen LogP contribution is 2.32. The highest BCUT2D eigenvalue weighted by Gasteiger charge is 2.30. The van der Waals surface area contributed by atoms with E-state index in [0.29, 0.717) is 0 Å². The molecule has 6 heteroatoms. The highest BCUT2D eigenvalue weighted by atomic mass is 19.4. The van der Waals surface area contributed by atoms with Crippen LogP contribution >= 0.6 is 0 Å². The van der Waals surface area contributed by atoms with Gasteiger partial charge in [0.2, 0.25) is 5.91 Å². The third-order valence-electron chi connectivity index (χ3n) is 1.97. The molecule has 1 aromatic carbocycles. The van der Waals surface area contributed by atoms with E-state index in [-0.39, 0.29) is 23.7 Å². The Labute approximate surface area is 90.4 Å². The van der Waals surface area contributed by atoms with Crippen molar-refractivity contribution >= 4 is 17.3 Å². The van der Waals surface area contributed by atoms with Crippen LogP contribution in [-0.2, 0) is 11.0 Å². The summed E-state index contributed by atoms with van der Waals surface area (Å²) in [7, 11) is 0. The highest BCUT2D eigenvalue weighted by molar-refractivity contribution is 5.93. The van der Waals surface area contributed by atoms with Crippen molar-refractivity contribution in [3.05, 3.63) is 23.8 Å². The number of alkyl halides is 3. The van der Waals surface area contributed by atoms with E-state index in [1.54, 1.807) is 6.92 Å². The maximum atomic E-state index is 12.3. The quantitative estimate of drug-likeness (QED) is 0.770. The van der Waals surface area contributed by atoms with Crippen molar-refractivity contribution < 1.29 is 18.0 Å². The first-order valence-electron chi connectivity index (χ1n) is 4.61. The molecular formula is C10H11F3N2O. The molecule has 0 spiro atoms. The molecule has 3 nitrogen and oxygen atoms in total. The van der Waals surface area contributed by atoms with Crippen LogP contribution in [0.3, 0.4) is 0 Å². The van der Waals surface area contributed by atoms with Crippen LogP contribution in [0.5, 0.6) is 0 Å². The number of nitrogens with one attached hydrogen (secondary N) is 1. The van der Waals surface area contributed by atoms with E-state index in [1.165, 1.54) is 0 Å². The lowest BCUT2D eigenvalue weighted by atomic mass is 10.1. The third-order valence-corrected chi connectivity index (χ3v) is 1.97. The van der Waals surface area contributed by atoms with Crippen LogP contribution in [0.1, 0.15) is 18.9 Å². The van der Waals surface area contributed by atoms with Crippen molar-refractivity contribution in [1.82, 2.24) is 0 Å². The summed E-state index contributed by atoms with van der Waals surface area (Å²) in [6.45, 7) is 1.63. The van der Waals surface area contributed by atoms with Crippen LogP contribution in [-0.4, -0.2) is 5.91 Å². The van der Waals surface area contributed by atoms with E-state index < -0.39 is 11.7 Å². The molecule has 0 aliphatic rings. The average Bonchev–Trinajstić information content (AvgIpc) is 2.19. The fourth-order valence-corrected chi connectivity index (χ4v) is 1.09. The Bertz CT molecular complexity index is 402. The molecular weight excluding hydrogens is 221 g/mol. The summed E-state index contributed by atoms with van der Waals surface area (Å²) < 4.78 is 36.9. The summed E-state index contributed by atoms with van der Waals surface area (Å²) in [6.07, 6.45) is -4.19. The number of hydrogen-bond acceptors (Lipinski definition) is 2. The molecule has 16 heavy (non-hydrogen) atoms. The summed E-state index contributed by atoms with van der Waals surface area (Å²) >= 11 is 0. The van der Waals surface area contributed by atoms with E-state index in [9.17, 15) is 18.0 Å². The average molecular weight is 232 g/mol. The number of rotatable bonds is 2. The molecule has 0 atom stereocenters. The zero-order valence-electron chi connectivity index (χ0n) is 8.56. The number of halogens is 3. The standard InChI is InChI=1S/C10H11F3N2O/c1-2-9(16)15-8-4-3-6(5-7(8)14)10(11,12)13/h3-5H,2,14H2,1H3,(H,15,16). The molecule has 88 valence electrons. The minimum atomic E-state index is -4.43. The molecule has 0 bridgehead atoms. The number of nitrogen functional groups attached to an aromatic ring is 1. The number of hydrogen-bond donors (Lipinski definition) is 2. The van der Waals surface area contributed by atoms with E-state index in [2.05, 4.69) is 5.32 Å². The second kappa shape index (κ2) is 4.42. The Hall–Kier alpha value is -1.72. The number of carbonyl (C=O) groups excluding carboxylic acids is 1. The van der Waals surface area contributed by atoms with Gasteiger partial charge < -0.3 is 11.1 Å². The van der Waals surface area contributed by atoms with E-state index >= 15 is 0 Å². The van der Waals surface area contributed by atoms with Gasteiger partial charge in [0.25, 0.3) is 0 Å². The molecule has 1 amide bonds. The van der Waals surface area contributed by atoms with E-state index in [1.807, 2.05) is 0 Å². The summed E-state index contributed by atoms with van der Waals surface area (Å²) in [5, 5.41) is 2.41. The van der Waals surface area contributed by atoms with Crippen molar-refractivity contribution in [3.8, 4) is 0 Å². The second-order valence-electron chi connectivity index (χ2n) is 3.20. The van der Waals surface area contributed by atoms with Crippen LogP contribution in [0.4, 0.5) is 24.5 Å². The van der Waals surface area contributed by atoms with Gasteiger partial charge in [0.05, 0.1) is 16.9 Å². The van der Waals surface area contributed by atoms with Crippen LogP contribution in [0.15, 0.2) is 18.2 Å². The first-order valence-corrected chi connectivity index (χ1v) is 4.61. The van der Waals surface area contributed by atoms with Gasteiger partial charge in [-0.25, -0.2) is 0 Å². The lowest BCUT2D eigenvalue weighted by molar-refractivity contribution is -0.137. The van der Waals surface area contributed by atoms with Crippen molar-refractivity contribution in [2.24, 2.45) is 0 Å². The monoisotopic (exact) mass is 232 g/mol. The third kappa shape index (κ3) is 2.88. The maximum absolute atomic E-state index is 12.3. The van der Waals surface area contributed by atoms with Crippen molar-refractivity contribution in [2.75, 3.05) is 11.1 Å². The van der Waals surface area contributed by atoms with Gasteiger partial charge >= 0.3 is 6.18 Å². The molecule has 0 aromatic heterocycles. The molecule has 1 aromatic rings. The SMILES string of the molecule is CCC(=O)Nc1ccc(C(F)(F)F)cc1N. The van der Waals surface area contributed by atoms with E-state index in [0.717, 1.165) is 18.2 Å². The largest absolute Gasteiger partial charge is 0.416 e.